The van der Waals surface area contributed by atoms with Crippen molar-refractivity contribution in [3.63, 3.8) is 0 Å². The van der Waals surface area contributed by atoms with Crippen LogP contribution in [0.1, 0.15) is 66.7 Å². The van der Waals surface area contributed by atoms with Crippen LogP contribution in [0.4, 0.5) is 0 Å². The Morgan fingerprint density at radius 3 is 2.17 bits per heavy atom. The first-order chi connectivity index (χ1) is 11.1. The number of Topliss-reactive ketones (excluding diaryl/α,β-unsaturated/α-hetero) is 1. The fourth-order valence-electron chi connectivity index (χ4n) is 2.05. The molecule has 1 fully saturated rings. The van der Waals surface area contributed by atoms with Crippen molar-refractivity contribution < 1.29 is 4.79 Å². The van der Waals surface area contributed by atoms with Crippen LogP contribution in [0.2, 0.25) is 0 Å². The molecule has 0 aromatic carbocycles. The Balaban J connectivity index is 0. The second-order valence-electron chi connectivity index (χ2n) is 5.69. The van der Waals surface area contributed by atoms with Gasteiger partial charge in [-0.2, -0.15) is 5.10 Å². The smallest absolute Gasteiger partial charge is 0.156 e. The average molecular weight is 327 g/mol. The second-order valence-corrected chi connectivity index (χ2v) is 5.69. The van der Waals surface area contributed by atoms with Crippen LogP contribution in [0, 0.1) is 11.8 Å². The van der Waals surface area contributed by atoms with E-state index in [1.807, 2.05) is 34.7 Å². The molecule has 0 aliphatic heterocycles. The van der Waals surface area contributed by atoms with Crippen LogP contribution < -0.4 is 11.2 Å². The molecule has 1 saturated carbocycles. The van der Waals surface area contributed by atoms with E-state index in [0.717, 1.165) is 25.1 Å². The number of nitrogens with zero attached hydrogens (tertiary/aromatic N) is 2. The predicted octanol–water partition coefficient (Wildman–Crippen LogP) is 3.43. The maximum absolute atomic E-state index is 11.4. The molecule has 0 radical (unpaired) electrons. The molecule has 1 aliphatic rings. The van der Waals surface area contributed by atoms with Crippen LogP contribution in [0.15, 0.2) is 10.1 Å². The quantitative estimate of drug-likeness (QED) is 0.446. The first kappa shape index (κ1) is 24.0. The lowest BCUT2D eigenvalue weighted by atomic mass is 9.86. The SMILES string of the molecule is CC.CC(C)C(=O)CN=C/C(=N\N)C1CCCCC1.CCNC. The van der Waals surface area contributed by atoms with Crippen molar-refractivity contribution >= 4 is 17.7 Å². The van der Waals surface area contributed by atoms with E-state index < -0.39 is 0 Å². The summed E-state index contributed by atoms with van der Waals surface area (Å²) >= 11 is 0. The molecule has 23 heavy (non-hydrogen) atoms. The van der Waals surface area contributed by atoms with Gasteiger partial charge in [-0.1, -0.05) is 53.9 Å². The molecule has 0 atom stereocenters. The number of nitrogens with two attached hydrogens (primary N) is 1. The van der Waals surface area contributed by atoms with Crippen LogP contribution in [-0.4, -0.2) is 37.8 Å². The van der Waals surface area contributed by atoms with Crippen LogP contribution in [-0.2, 0) is 4.79 Å². The third-order valence-corrected chi connectivity index (χ3v) is 3.64. The molecule has 1 aliphatic carbocycles. The Kier molecular flexibility index (Phi) is 17.9. The number of carbonyl (C=O) groups is 1. The number of hydrazone groups is 1. The molecule has 5 heteroatoms. The first-order valence-electron chi connectivity index (χ1n) is 9.01. The van der Waals surface area contributed by atoms with E-state index in [1.165, 1.54) is 19.3 Å². The maximum atomic E-state index is 11.4. The molecule has 136 valence electrons. The number of hydrogen-bond acceptors (Lipinski definition) is 5. The highest BCUT2D eigenvalue weighted by Crippen LogP contribution is 2.24. The van der Waals surface area contributed by atoms with Gasteiger partial charge in [0.2, 0.25) is 0 Å². The zero-order valence-corrected chi connectivity index (χ0v) is 16.1. The van der Waals surface area contributed by atoms with E-state index in [9.17, 15) is 4.79 Å². The average Bonchev–Trinajstić information content (AvgIpc) is 2.61. The lowest BCUT2D eigenvalue weighted by molar-refractivity contribution is -0.120. The van der Waals surface area contributed by atoms with E-state index in [1.54, 1.807) is 6.21 Å². The standard InChI is InChI=1S/C13H23N3O.C3H9N.C2H6/c1-10(2)13(17)9-15-8-12(16-14)11-6-4-3-5-7-11;1-3-4-2;1-2/h8,10-11H,3-7,9,14H2,1-2H3;4H,3H2,1-2H3;1-2H3/b15-8?,16-12+;;. The summed E-state index contributed by atoms with van der Waals surface area (Å²) < 4.78 is 0. The van der Waals surface area contributed by atoms with Gasteiger partial charge < -0.3 is 11.2 Å². The summed E-state index contributed by atoms with van der Waals surface area (Å²) in [5, 5.41) is 6.74. The Labute approximate surface area is 143 Å². The minimum atomic E-state index is 0.0418. The molecule has 5 nitrogen and oxygen atoms in total. The van der Waals surface area contributed by atoms with Crippen molar-refractivity contribution in [2.75, 3.05) is 20.1 Å². The number of nitrogens with one attached hydrogen (secondary N) is 1. The Morgan fingerprint density at radius 1 is 1.26 bits per heavy atom. The topological polar surface area (TPSA) is 79.8 Å². The van der Waals surface area contributed by atoms with E-state index in [-0.39, 0.29) is 18.2 Å². The van der Waals surface area contributed by atoms with Gasteiger partial charge in [-0.3, -0.25) is 9.79 Å². The Morgan fingerprint density at radius 2 is 1.78 bits per heavy atom. The van der Waals surface area contributed by atoms with Crippen molar-refractivity contribution in [3.05, 3.63) is 0 Å². The highest BCUT2D eigenvalue weighted by Gasteiger charge is 2.17. The van der Waals surface area contributed by atoms with E-state index in [4.69, 9.17) is 5.84 Å². The van der Waals surface area contributed by atoms with Crippen LogP contribution in [0.3, 0.4) is 0 Å². The number of hydrogen-bond donors (Lipinski definition) is 2. The monoisotopic (exact) mass is 326 g/mol. The largest absolute Gasteiger partial charge is 0.323 e. The van der Waals surface area contributed by atoms with Gasteiger partial charge >= 0.3 is 0 Å². The Bertz CT molecular complexity index is 330. The van der Waals surface area contributed by atoms with Gasteiger partial charge in [0.15, 0.2) is 5.78 Å². The molecule has 0 aromatic rings. The summed E-state index contributed by atoms with van der Waals surface area (Å²) in [5.74, 6) is 6.02. The highest BCUT2D eigenvalue weighted by atomic mass is 16.1. The predicted molar refractivity (Wildman–Crippen MR) is 102 cm³/mol. The lowest BCUT2D eigenvalue weighted by Gasteiger charge is -2.20. The fraction of sp³-hybridized carbons (Fsp3) is 0.833. The van der Waals surface area contributed by atoms with Gasteiger partial charge in [-0.05, 0) is 26.4 Å². The van der Waals surface area contributed by atoms with E-state index in [0.29, 0.717) is 5.92 Å². The summed E-state index contributed by atoms with van der Waals surface area (Å²) in [7, 11) is 1.93. The molecule has 0 heterocycles. The second kappa shape index (κ2) is 17.1. The van der Waals surface area contributed by atoms with Crippen molar-refractivity contribution in [3.8, 4) is 0 Å². The zero-order chi connectivity index (χ0) is 18.1. The third kappa shape index (κ3) is 13.0. The van der Waals surface area contributed by atoms with E-state index >= 15 is 0 Å². The summed E-state index contributed by atoms with van der Waals surface area (Å²) in [6.45, 7) is 11.2. The Hall–Kier alpha value is -1.23. The van der Waals surface area contributed by atoms with E-state index in [2.05, 4.69) is 22.3 Å². The van der Waals surface area contributed by atoms with Crippen molar-refractivity contribution in [1.82, 2.24) is 5.32 Å². The van der Waals surface area contributed by atoms with Gasteiger partial charge in [0.05, 0.1) is 12.3 Å². The van der Waals surface area contributed by atoms with Crippen LogP contribution in [0.5, 0.6) is 0 Å². The van der Waals surface area contributed by atoms with Crippen molar-refractivity contribution in [2.45, 2.75) is 66.7 Å². The number of carbonyl (C=O) groups excluding carboxylic acids is 1. The number of ketones is 1. The van der Waals surface area contributed by atoms with Crippen molar-refractivity contribution in [2.24, 2.45) is 27.8 Å². The van der Waals surface area contributed by atoms with Gasteiger partial charge in [0.1, 0.15) is 0 Å². The first-order valence-corrected chi connectivity index (χ1v) is 9.01. The van der Waals surface area contributed by atoms with Crippen LogP contribution >= 0.6 is 0 Å². The molecule has 0 unspecified atom stereocenters. The molecular formula is C18H38N4O. The minimum Gasteiger partial charge on any atom is -0.323 e. The number of aliphatic imine (C=N–C) groups is 1. The summed E-state index contributed by atoms with van der Waals surface area (Å²) in [4.78, 5) is 15.6. The third-order valence-electron chi connectivity index (χ3n) is 3.64. The van der Waals surface area contributed by atoms with Gasteiger partial charge in [0.25, 0.3) is 0 Å². The molecule has 0 saturated heterocycles. The minimum absolute atomic E-state index is 0.0418. The van der Waals surface area contributed by atoms with Crippen molar-refractivity contribution in [1.29, 1.82) is 0 Å². The van der Waals surface area contributed by atoms with Gasteiger partial charge in [-0.15, -0.1) is 0 Å². The molecular weight excluding hydrogens is 288 g/mol. The zero-order valence-electron chi connectivity index (χ0n) is 16.1. The summed E-state index contributed by atoms with van der Waals surface area (Å²) in [5.41, 5.74) is 0.848. The lowest BCUT2D eigenvalue weighted by Crippen LogP contribution is -2.21. The molecule has 3 N–H and O–H groups in total. The normalized spacial score (nSPS) is 15.7. The molecule has 0 bridgehead atoms. The van der Waals surface area contributed by atoms with Crippen LogP contribution in [0.25, 0.3) is 0 Å². The molecule has 0 spiro atoms. The summed E-state index contributed by atoms with van der Waals surface area (Å²) in [6, 6.07) is 0. The maximum Gasteiger partial charge on any atom is 0.156 e. The molecule has 1 rings (SSSR count). The summed E-state index contributed by atoms with van der Waals surface area (Å²) in [6.07, 6.45) is 7.75. The fourth-order valence-corrected chi connectivity index (χ4v) is 2.05. The van der Waals surface area contributed by atoms with Gasteiger partial charge in [0, 0.05) is 18.1 Å². The highest BCUT2D eigenvalue weighted by molar-refractivity contribution is 6.31. The van der Waals surface area contributed by atoms with Gasteiger partial charge in [-0.25, -0.2) is 0 Å². The number of rotatable bonds is 6. The molecule has 0 amide bonds. The molecule has 0 aromatic heterocycles.